The van der Waals surface area contributed by atoms with Gasteiger partial charge in [-0.1, -0.05) is 6.92 Å². The standard InChI is InChI=1S/C7H17NS/c1-6(8-3)4-5-7(2)9/h6-9H,4-5H2,1-3H3. The molecule has 1 nitrogen and oxygen atoms in total. The van der Waals surface area contributed by atoms with E-state index in [0.717, 1.165) is 0 Å². The molecular formula is C7H17NS. The van der Waals surface area contributed by atoms with Crippen molar-refractivity contribution in [3.63, 3.8) is 0 Å². The number of hydrogen-bond acceptors (Lipinski definition) is 2. The van der Waals surface area contributed by atoms with E-state index >= 15 is 0 Å². The predicted molar refractivity (Wildman–Crippen MR) is 46.2 cm³/mol. The van der Waals surface area contributed by atoms with Crippen LogP contribution in [0.2, 0.25) is 0 Å². The van der Waals surface area contributed by atoms with Crippen molar-refractivity contribution in [2.75, 3.05) is 7.05 Å². The lowest BCUT2D eigenvalue weighted by atomic mass is 10.1. The molecule has 0 aromatic rings. The van der Waals surface area contributed by atoms with Crippen molar-refractivity contribution in [3.05, 3.63) is 0 Å². The van der Waals surface area contributed by atoms with Gasteiger partial charge in [0.05, 0.1) is 0 Å². The molecule has 0 aliphatic carbocycles. The molecule has 0 aliphatic heterocycles. The van der Waals surface area contributed by atoms with Gasteiger partial charge in [-0.05, 0) is 32.1 Å². The summed E-state index contributed by atoms with van der Waals surface area (Å²) in [5.74, 6) is 0. The second-order valence-corrected chi connectivity index (χ2v) is 3.50. The lowest BCUT2D eigenvalue weighted by Gasteiger charge is -2.10. The molecule has 0 heterocycles. The van der Waals surface area contributed by atoms with Gasteiger partial charge in [-0.2, -0.15) is 12.6 Å². The SMILES string of the molecule is CNC(C)CCC(C)S. The van der Waals surface area contributed by atoms with Gasteiger partial charge >= 0.3 is 0 Å². The molecule has 0 amide bonds. The van der Waals surface area contributed by atoms with Gasteiger partial charge in [0.15, 0.2) is 0 Å². The Morgan fingerprint density at radius 3 is 2.22 bits per heavy atom. The van der Waals surface area contributed by atoms with Gasteiger partial charge in [-0.25, -0.2) is 0 Å². The zero-order chi connectivity index (χ0) is 7.28. The van der Waals surface area contributed by atoms with E-state index in [0.29, 0.717) is 11.3 Å². The maximum Gasteiger partial charge on any atom is 0.00361 e. The molecule has 0 rings (SSSR count). The molecule has 56 valence electrons. The van der Waals surface area contributed by atoms with Crippen LogP contribution in [-0.2, 0) is 0 Å². The summed E-state index contributed by atoms with van der Waals surface area (Å²) in [6, 6.07) is 0.639. The fourth-order valence-electron chi connectivity index (χ4n) is 0.636. The quantitative estimate of drug-likeness (QED) is 0.577. The average Bonchev–Trinajstić information content (AvgIpc) is 1.83. The molecule has 0 aliphatic rings. The summed E-state index contributed by atoms with van der Waals surface area (Å²) in [7, 11) is 1.99. The van der Waals surface area contributed by atoms with Crippen molar-refractivity contribution in [2.45, 2.75) is 38.0 Å². The van der Waals surface area contributed by atoms with Crippen LogP contribution in [0.1, 0.15) is 26.7 Å². The van der Waals surface area contributed by atoms with Gasteiger partial charge in [0, 0.05) is 6.04 Å². The summed E-state index contributed by atoms with van der Waals surface area (Å²) in [5.41, 5.74) is 0. The second-order valence-electron chi connectivity index (χ2n) is 2.62. The zero-order valence-corrected chi connectivity index (χ0v) is 7.41. The minimum atomic E-state index is 0.542. The first-order valence-electron chi connectivity index (χ1n) is 3.52. The van der Waals surface area contributed by atoms with Crippen LogP contribution in [0.4, 0.5) is 0 Å². The van der Waals surface area contributed by atoms with E-state index < -0.39 is 0 Å². The molecule has 0 spiro atoms. The fraction of sp³-hybridized carbons (Fsp3) is 1.00. The molecule has 0 aromatic heterocycles. The van der Waals surface area contributed by atoms with Gasteiger partial charge in [0.1, 0.15) is 0 Å². The van der Waals surface area contributed by atoms with Gasteiger partial charge < -0.3 is 5.32 Å². The van der Waals surface area contributed by atoms with Crippen LogP contribution in [0.5, 0.6) is 0 Å². The third kappa shape index (κ3) is 6.19. The Bertz CT molecular complexity index is 63.9. The molecule has 1 N–H and O–H groups in total. The van der Waals surface area contributed by atoms with Gasteiger partial charge in [0.2, 0.25) is 0 Å². The minimum absolute atomic E-state index is 0.542. The molecule has 0 aromatic carbocycles. The first-order chi connectivity index (χ1) is 4.16. The molecule has 0 bridgehead atoms. The van der Waals surface area contributed by atoms with Crippen molar-refractivity contribution in [1.29, 1.82) is 0 Å². The van der Waals surface area contributed by atoms with Crippen LogP contribution >= 0.6 is 12.6 Å². The molecule has 2 atom stereocenters. The van der Waals surface area contributed by atoms with Crippen molar-refractivity contribution in [1.82, 2.24) is 5.32 Å². The monoisotopic (exact) mass is 147 g/mol. The minimum Gasteiger partial charge on any atom is -0.317 e. The Kier molecular flexibility index (Phi) is 5.30. The second kappa shape index (κ2) is 5.12. The molecule has 2 unspecified atom stereocenters. The van der Waals surface area contributed by atoms with Gasteiger partial charge in [-0.3, -0.25) is 0 Å². The maximum atomic E-state index is 4.28. The zero-order valence-electron chi connectivity index (χ0n) is 6.52. The summed E-state index contributed by atoms with van der Waals surface area (Å²) < 4.78 is 0. The average molecular weight is 147 g/mol. The third-order valence-corrected chi connectivity index (χ3v) is 1.77. The van der Waals surface area contributed by atoms with E-state index in [1.807, 2.05) is 7.05 Å². The molecule has 0 saturated carbocycles. The van der Waals surface area contributed by atoms with Crippen LogP contribution in [0, 0.1) is 0 Å². The summed E-state index contributed by atoms with van der Waals surface area (Å²) in [6.07, 6.45) is 2.42. The van der Waals surface area contributed by atoms with E-state index in [2.05, 4.69) is 31.8 Å². The predicted octanol–water partition coefficient (Wildman–Crippen LogP) is 1.69. The Morgan fingerprint density at radius 1 is 1.33 bits per heavy atom. The normalized spacial score (nSPS) is 17.3. The largest absolute Gasteiger partial charge is 0.317 e. The summed E-state index contributed by atoms with van der Waals surface area (Å²) in [6.45, 7) is 4.32. The van der Waals surface area contributed by atoms with Gasteiger partial charge in [0.25, 0.3) is 0 Å². The molecule has 0 radical (unpaired) electrons. The highest BCUT2D eigenvalue weighted by atomic mass is 32.1. The molecular weight excluding hydrogens is 130 g/mol. The molecule has 0 saturated heterocycles. The van der Waals surface area contributed by atoms with E-state index in [1.165, 1.54) is 12.8 Å². The lowest BCUT2D eigenvalue weighted by molar-refractivity contribution is 0.542. The Morgan fingerprint density at radius 2 is 1.89 bits per heavy atom. The maximum absolute atomic E-state index is 4.28. The van der Waals surface area contributed by atoms with Gasteiger partial charge in [-0.15, -0.1) is 0 Å². The third-order valence-electron chi connectivity index (χ3n) is 1.51. The highest BCUT2D eigenvalue weighted by Crippen LogP contribution is 2.04. The first-order valence-corrected chi connectivity index (χ1v) is 4.03. The van der Waals surface area contributed by atoms with E-state index in [4.69, 9.17) is 0 Å². The van der Waals surface area contributed by atoms with Crippen LogP contribution in [0.15, 0.2) is 0 Å². The Labute approximate surface area is 63.6 Å². The summed E-state index contributed by atoms with van der Waals surface area (Å²) >= 11 is 4.28. The van der Waals surface area contributed by atoms with Crippen molar-refractivity contribution >= 4 is 12.6 Å². The highest BCUT2D eigenvalue weighted by Gasteiger charge is 1.99. The van der Waals surface area contributed by atoms with Crippen LogP contribution < -0.4 is 5.32 Å². The van der Waals surface area contributed by atoms with Crippen LogP contribution in [0.25, 0.3) is 0 Å². The fourth-order valence-corrected chi connectivity index (χ4v) is 0.785. The van der Waals surface area contributed by atoms with Crippen molar-refractivity contribution in [3.8, 4) is 0 Å². The Hall–Kier alpha value is 0.310. The van der Waals surface area contributed by atoms with E-state index in [1.54, 1.807) is 0 Å². The van der Waals surface area contributed by atoms with Crippen molar-refractivity contribution < 1.29 is 0 Å². The number of hydrogen-bond donors (Lipinski definition) is 2. The molecule has 0 fully saturated rings. The van der Waals surface area contributed by atoms with E-state index in [-0.39, 0.29) is 0 Å². The lowest BCUT2D eigenvalue weighted by Crippen LogP contribution is -2.21. The topological polar surface area (TPSA) is 12.0 Å². The summed E-state index contributed by atoms with van der Waals surface area (Å²) in [4.78, 5) is 0. The highest BCUT2D eigenvalue weighted by molar-refractivity contribution is 7.80. The first kappa shape index (κ1) is 9.31. The number of nitrogens with one attached hydrogen (secondary N) is 1. The smallest absolute Gasteiger partial charge is 0.00361 e. The van der Waals surface area contributed by atoms with Crippen LogP contribution in [0.3, 0.4) is 0 Å². The molecule has 9 heavy (non-hydrogen) atoms. The Balaban J connectivity index is 3.06. The number of thiol groups is 1. The van der Waals surface area contributed by atoms with Crippen molar-refractivity contribution in [2.24, 2.45) is 0 Å². The summed E-state index contributed by atoms with van der Waals surface area (Å²) in [5, 5.41) is 3.73. The van der Waals surface area contributed by atoms with Crippen LogP contribution in [-0.4, -0.2) is 18.3 Å². The van der Waals surface area contributed by atoms with E-state index in [9.17, 15) is 0 Å². The number of rotatable bonds is 4. The molecule has 2 heteroatoms.